The Morgan fingerprint density at radius 1 is 1.22 bits per heavy atom. The van der Waals surface area contributed by atoms with Gasteiger partial charge >= 0.3 is 5.97 Å². The van der Waals surface area contributed by atoms with Crippen LogP contribution in [-0.4, -0.2) is 33.3 Å². The number of aromatic nitrogens is 3. The zero-order valence-corrected chi connectivity index (χ0v) is 16.6. The van der Waals surface area contributed by atoms with Gasteiger partial charge in [-0.25, -0.2) is 4.98 Å². The molecule has 0 aliphatic carbocycles. The van der Waals surface area contributed by atoms with Gasteiger partial charge in [0.2, 0.25) is 5.91 Å². The van der Waals surface area contributed by atoms with Crippen molar-refractivity contribution < 1.29 is 14.3 Å². The summed E-state index contributed by atoms with van der Waals surface area (Å²) in [6.07, 6.45) is 0.195. The van der Waals surface area contributed by atoms with Gasteiger partial charge in [0.15, 0.2) is 5.82 Å². The van der Waals surface area contributed by atoms with Gasteiger partial charge in [0.1, 0.15) is 5.69 Å². The predicted molar refractivity (Wildman–Crippen MR) is 102 cm³/mol. The molecule has 146 valence electrons. The molecule has 0 atom stereocenters. The molecule has 0 aromatic carbocycles. The summed E-state index contributed by atoms with van der Waals surface area (Å²) < 4.78 is 7.73. The lowest BCUT2D eigenvalue weighted by Crippen LogP contribution is -2.28. The Kier molecular flexibility index (Phi) is 5.88. The van der Waals surface area contributed by atoms with Crippen LogP contribution in [0, 0.1) is 19.3 Å². The normalized spacial score (nSPS) is 11.3. The summed E-state index contributed by atoms with van der Waals surface area (Å²) in [5.74, 6) is -0.229. The Labute approximate surface area is 158 Å². The van der Waals surface area contributed by atoms with Crippen LogP contribution in [0.5, 0.6) is 0 Å². The Morgan fingerprint density at radius 2 is 1.89 bits per heavy atom. The average Bonchev–Trinajstić information content (AvgIpc) is 2.77. The second kappa shape index (κ2) is 7.77. The van der Waals surface area contributed by atoms with Gasteiger partial charge in [-0.05, 0) is 31.4 Å². The van der Waals surface area contributed by atoms with Crippen LogP contribution in [0.2, 0.25) is 0 Å². The van der Waals surface area contributed by atoms with E-state index in [1.165, 1.54) is 11.8 Å². The smallest absolute Gasteiger partial charge is 0.306 e. The van der Waals surface area contributed by atoms with Crippen molar-refractivity contribution in [2.24, 2.45) is 12.5 Å². The van der Waals surface area contributed by atoms with Gasteiger partial charge in [-0.1, -0.05) is 19.9 Å². The van der Waals surface area contributed by atoms with Crippen molar-refractivity contribution in [3.8, 4) is 5.82 Å². The van der Waals surface area contributed by atoms with Crippen molar-refractivity contribution in [3.63, 3.8) is 0 Å². The van der Waals surface area contributed by atoms with Crippen molar-refractivity contribution in [1.82, 2.24) is 14.3 Å². The van der Waals surface area contributed by atoms with Crippen molar-refractivity contribution in [3.05, 3.63) is 39.9 Å². The van der Waals surface area contributed by atoms with Crippen LogP contribution in [0.25, 0.3) is 5.82 Å². The Bertz CT molecular complexity index is 924. The van der Waals surface area contributed by atoms with Gasteiger partial charge in [0.05, 0.1) is 19.2 Å². The van der Waals surface area contributed by atoms with E-state index in [0.717, 1.165) is 5.69 Å². The standard InChI is InChI=1S/C19H26N4O4/c1-12-8-7-9-14(20-12)23-18(26)17(13(2)22(23)5)21-15(24)10-19(3,4)11-16(25)27-6/h7-9H,10-11H2,1-6H3,(H,21,24). The van der Waals surface area contributed by atoms with Crippen LogP contribution >= 0.6 is 0 Å². The first-order valence-corrected chi connectivity index (χ1v) is 8.65. The van der Waals surface area contributed by atoms with E-state index >= 15 is 0 Å². The van der Waals surface area contributed by atoms with E-state index in [9.17, 15) is 14.4 Å². The van der Waals surface area contributed by atoms with E-state index in [2.05, 4.69) is 15.0 Å². The maximum Gasteiger partial charge on any atom is 0.306 e. The minimum atomic E-state index is -0.586. The number of carbonyl (C=O) groups excluding carboxylic acids is 2. The highest BCUT2D eigenvalue weighted by Gasteiger charge is 2.27. The van der Waals surface area contributed by atoms with Crippen LogP contribution in [0.15, 0.2) is 23.0 Å². The highest BCUT2D eigenvalue weighted by molar-refractivity contribution is 5.92. The molecule has 0 fully saturated rings. The summed E-state index contributed by atoms with van der Waals surface area (Å²) in [6.45, 7) is 7.20. The van der Waals surface area contributed by atoms with Crippen LogP contribution < -0.4 is 10.9 Å². The van der Waals surface area contributed by atoms with Gasteiger partial charge < -0.3 is 10.1 Å². The number of nitrogens with zero attached hydrogens (tertiary/aromatic N) is 3. The topological polar surface area (TPSA) is 95.2 Å². The third-order valence-corrected chi connectivity index (χ3v) is 4.40. The molecule has 0 aliphatic rings. The van der Waals surface area contributed by atoms with Crippen molar-refractivity contribution in [2.45, 2.75) is 40.5 Å². The molecule has 0 spiro atoms. The lowest BCUT2D eigenvalue weighted by Gasteiger charge is -2.22. The third kappa shape index (κ3) is 4.64. The van der Waals surface area contributed by atoms with E-state index in [1.54, 1.807) is 38.6 Å². The van der Waals surface area contributed by atoms with E-state index in [-0.39, 0.29) is 36.0 Å². The fourth-order valence-corrected chi connectivity index (χ4v) is 2.90. The number of aryl methyl sites for hydroxylation is 1. The first-order valence-electron chi connectivity index (χ1n) is 8.65. The summed E-state index contributed by atoms with van der Waals surface area (Å²) in [7, 11) is 3.05. The average molecular weight is 374 g/mol. The first kappa shape index (κ1) is 20.4. The molecule has 2 heterocycles. The lowest BCUT2D eigenvalue weighted by molar-refractivity contribution is -0.143. The molecule has 0 saturated carbocycles. The Morgan fingerprint density at radius 3 is 2.48 bits per heavy atom. The largest absolute Gasteiger partial charge is 0.469 e. The number of amides is 1. The number of carbonyl (C=O) groups is 2. The quantitative estimate of drug-likeness (QED) is 0.782. The predicted octanol–water partition coefficient (Wildman–Crippen LogP) is 2.11. The second-order valence-electron chi connectivity index (χ2n) is 7.38. The highest BCUT2D eigenvalue weighted by atomic mass is 16.5. The fourth-order valence-electron chi connectivity index (χ4n) is 2.90. The van der Waals surface area contributed by atoms with Crippen molar-refractivity contribution in [1.29, 1.82) is 0 Å². The Hall–Kier alpha value is -2.90. The summed E-state index contributed by atoms with van der Waals surface area (Å²) in [5.41, 5.74) is 0.666. The molecule has 2 aromatic rings. The molecule has 0 aliphatic heterocycles. The van der Waals surface area contributed by atoms with E-state index in [1.807, 2.05) is 19.1 Å². The van der Waals surface area contributed by atoms with Crippen LogP contribution in [-0.2, 0) is 21.4 Å². The molecule has 0 unspecified atom stereocenters. The van der Waals surface area contributed by atoms with Gasteiger partial charge in [-0.15, -0.1) is 0 Å². The third-order valence-electron chi connectivity index (χ3n) is 4.40. The van der Waals surface area contributed by atoms with Gasteiger partial charge in [-0.2, -0.15) is 4.68 Å². The molecule has 0 bridgehead atoms. The summed E-state index contributed by atoms with van der Waals surface area (Å²) in [5, 5.41) is 2.70. The molecular weight excluding hydrogens is 348 g/mol. The summed E-state index contributed by atoms with van der Waals surface area (Å²) in [4.78, 5) is 41.2. The van der Waals surface area contributed by atoms with Gasteiger partial charge in [0.25, 0.3) is 5.56 Å². The molecule has 1 amide bonds. The highest BCUT2D eigenvalue weighted by Crippen LogP contribution is 2.26. The van der Waals surface area contributed by atoms with Crippen LogP contribution in [0.1, 0.15) is 38.1 Å². The van der Waals surface area contributed by atoms with Crippen molar-refractivity contribution >= 4 is 17.6 Å². The van der Waals surface area contributed by atoms with E-state index in [4.69, 9.17) is 0 Å². The fraction of sp³-hybridized carbons (Fsp3) is 0.474. The van der Waals surface area contributed by atoms with Gasteiger partial charge in [-0.3, -0.25) is 19.1 Å². The second-order valence-corrected chi connectivity index (χ2v) is 7.38. The van der Waals surface area contributed by atoms with Crippen molar-refractivity contribution in [2.75, 3.05) is 12.4 Å². The molecular formula is C19H26N4O4. The molecule has 8 nitrogen and oxygen atoms in total. The zero-order valence-electron chi connectivity index (χ0n) is 16.6. The molecule has 0 saturated heterocycles. The van der Waals surface area contributed by atoms with Crippen LogP contribution in [0.3, 0.4) is 0 Å². The maximum absolute atomic E-state index is 12.9. The number of hydrogen-bond acceptors (Lipinski definition) is 5. The monoisotopic (exact) mass is 374 g/mol. The number of ether oxygens (including phenoxy) is 1. The lowest BCUT2D eigenvalue weighted by atomic mass is 9.85. The molecule has 27 heavy (non-hydrogen) atoms. The van der Waals surface area contributed by atoms with E-state index < -0.39 is 5.41 Å². The first-order chi connectivity index (χ1) is 12.6. The number of anilines is 1. The number of pyridine rings is 1. The molecule has 2 rings (SSSR count). The minimum absolute atomic E-state index is 0.0819. The minimum Gasteiger partial charge on any atom is -0.469 e. The zero-order chi connectivity index (χ0) is 20.4. The van der Waals surface area contributed by atoms with Crippen LogP contribution in [0.4, 0.5) is 5.69 Å². The molecule has 8 heteroatoms. The Balaban J connectivity index is 2.28. The summed E-state index contributed by atoms with van der Waals surface area (Å²) >= 11 is 0. The number of esters is 1. The number of hydrogen-bond donors (Lipinski definition) is 1. The maximum atomic E-state index is 12.9. The number of rotatable bonds is 6. The van der Waals surface area contributed by atoms with Gasteiger partial charge in [0, 0.05) is 19.2 Å². The number of methoxy groups -OCH3 is 1. The SMILES string of the molecule is COC(=O)CC(C)(C)CC(=O)Nc1c(C)n(C)n(-c2cccc(C)n2)c1=O. The molecule has 2 aromatic heterocycles. The summed E-state index contributed by atoms with van der Waals surface area (Å²) in [6, 6.07) is 5.40. The van der Waals surface area contributed by atoms with E-state index in [0.29, 0.717) is 11.5 Å². The molecule has 1 N–H and O–H groups in total. The molecule has 0 radical (unpaired) electrons. The number of nitrogens with one attached hydrogen (secondary N) is 1.